The molecular formula is C27H31N3O3. The molecule has 1 N–H and O–H groups in total. The van der Waals surface area contributed by atoms with Gasteiger partial charge in [-0.3, -0.25) is 4.79 Å². The number of carbonyl (C=O) groups is 1. The fraction of sp³-hybridized carbons (Fsp3) is 0.370. The van der Waals surface area contributed by atoms with Crippen LogP contribution in [0.3, 0.4) is 0 Å². The number of hydrogen-bond donors (Lipinski definition) is 1. The summed E-state index contributed by atoms with van der Waals surface area (Å²) in [5, 5.41) is 12.9. The van der Waals surface area contributed by atoms with Crippen LogP contribution in [0.15, 0.2) is 54.6 Å². The zero-order chi connectivity index (χ0) is 22.9. The van der Waals surface area contributed by atoms with Crippen LogP contribution in [0.1, 0.15) is 17.5 Å². The topological polar surface area (TPSA) is 56.3 Å². The summed E-state index contributed by atoms with van der Waals surface area (Å²) in [4.78, 5) is 20.2. The fourth-order valence-electron chi connectivity index (χ4n) is 5.12. The van der Waals surface area contributed by atoms with Crippen LogP contribution in [0, 0.1) is 0 Å². The first-order valence-electron chi connectivity index (χ1n) is 11.7. The third kappa shape index (κ3) is 4.11. The molecule has 5 rings (SSSR count). The van der Waals surface area contributed by atoms with Gasteiger partial charge in [-0.25, -0.2) is 0 Å². The third-order valence-corrected chi connectivity index (χ3v) is 7.11. The van der Waals surface area contributed by atoms with Crippen molar-refractivity contribution in [3.63, 3.8) is 0 Å². The van der Waals surface area contributed by atoms with E-state index in [1.165, 1.54) is 5.56 Å². The number of hydrogen-bond acceptors (Lipinski definition) is 5. The molecule has 0 aliphatic carbocycles. The van der Waals surface area contributed by atoms with E-state index in [4.69, 9.17) is 4.74 Å². The molecule has 2 aliphatic heterocycles. The number of ether oxygens (including phenoxy) is 1. The Balaban J connectivity index is 1.55. The van der Waals surface area contributed by atoms with Crippen LogP contribution in [0.5, 0.6) is 11.5 Å². The number of likely N-dealkylation sites (N-methyl/N-ethyl adjacent to an activating group) is 1. The van der Waals surface area contributed by atoms with Gasteiger partial charge in [0.05, 0.1) is 7.11 Å². The summed E-state index contributed by atoms with van der Waals surface area (Å²) in [6.45, 7) is 3.78. The zero-order valence-electron chi connectivity index (χ0n) is 19.3. The van der Waals surface area contributed by atoms with Crippen molar-refractivity contribution in [2.45, 2.75) is 25.4 Å². The second-order valence-electron chi connectivity index (χ2n) is 9.09. The highest BCUT2D eigenvalue weighted by atomic mass is 16.5. The second kappa shape index (κ2) is 8.94. The minimum atomic E-state index is -0.247. The first-order chi connectivity index (χ1) is 16.0. The monoisotopic (exact) mass is 445 g/mol. The normalized spacial score (nSPS) is 18.9. The molecule has 0 bridgehead atoms. The molecule has 3 aromatic carbocycles. The minimum Gasteiger partial charge on any atom is -0.508 e. The molecule has 1 amide bonds. The lowest BCUT2D eigenvalue weighted by atomic mass is 9.93. The number of benzene rings is 3. The van der Waals surface area contributed by atoms with E-state index in [1.807, 2.05) is 35.2 Å². The molecule has 0 saturated carbocycles. The van der Waals surface area contributed by atoms with Gasteiger partial charge in [0.2, 0.25) is 5.91 Å². The van der Waals surface area contributed by atoms with Crippen molar-refractivity contribution in [3.05, 3.63) is 65.7 Å². The molecule has 33 heavy (non-hydrogen) atoms. The number of aryl methyl sites for hydroxylation is 1. The average Bonchev–Trinajstić information content (AvgIpc) is 2.85. The number of nitrogens with zero attached hydrogens (tertiary/aromatic N) is 3. The maximum atomic E-state index is 13.7. The molecule has 1 saturated heterocycles. The largest absolute Gasteiger partial charge is 0.508 e. The highest BCUT2D eigenvalue weighted by Gasteiger charge is 2.35. The second-order valence-corrected chi connectivity index (χ2v) is 9.09. The number of fused-ring (bicyclic) bond motifs is 2. The Kier molecular flexibility index (Phi) is 5.85. The highest BCUT2D eigenvalue weighted by molar-refractivity contribution is 5.90. The summed E-state index contributed by atoms with van der Waals surface area (Å²) in [6, 6.07) is 17.7. The van der Waals surface area contributed by atoms with E-state index in [-0.39, 0.29) is 17.7 Å². The van der Waals surface area contributed by atoms with Crippen LogP contribution in [0.25, 0.3) is 10.8 Å². The standard InChI is InChI=1S/C27H31N3O3/c1-28-13-15-29(16-14-28)27(32)25-11-8-20-5-3-4-6-24(20)30(25)18-23-22-17-21(33-2)10-7-19(22)9-12-26(23)31/h3-7,9-10,12,17,25,31H,8,11,13-16,18H2,1-2H3/t25-/m0/s1. The van der Waals surface area contributed by atoms with Crippen molar-refractivity contribution in [2.24, 2.45) is 0 Å². The van der Waals surface area contributed by atoms with Gasteiger partial charge in [-0.2, -0.15) is 0 Å². The van der Waals surface area contributed by atoms with Crippen LogP contribution >= 0.6 is 0 Å². The Hall–Kier alpha value is -3.25. The number of anilines is 1. The summed E-state index contributed by atoms with van der Waals surface area (Å²) < 4.78 is 5.45. The van der Waals surface area contributed by atoms with Crippen molar-refractivity contribution in [2.75, 3.05) is 45.2 Å². The van der Waals surface area contributed by atoms with Gasteiger partial charge < -0.3 is 24.5 Å². The molecule has 1 atom stereocenters. The molecule has 0 radical (unpaired) electrons. The molecule has 0 aromatic heterocycles. The Labute approximate surface area is 195 Å². The van der Waals surface area contributed by atoms with E-state index >= 15 is 0 Å². The number of carbonyl (C=O) groups excluding carboxylic acids is 1. The Morgan fingerprint density at radius 3 is 2.61 bits per heavy atom. The van der Waals surface area contributed by atoms with Crippen LogP contribution in [0.4, 0.5) is 5.69 Å². The van der Waals surface area contributed by atoms with Gasteiger partial charge in [-0.15, -0.1) is 0 Å². The molecule has 0 unspecified atom stereocenters. The van der Waals surface area contributed by atoms with Crippen LogP contribution < -0.4 is 9.64 Å². The predicted octanol–water partition coefficient (Wildman–Crippen LogP) is 3.65. The number of phenols is 1. The van der Waals surface area contributed by atoms with Crippen LogP contribution in [-0.2, 0) is 17.8 Å². The Morgan fingerprint density at radius 2 is 1.82 bits per heavy atom. The number of piperazine rings is 1. The quantitative estimate of drug-likeness (QED) is 0.664. The molecule has 6 heteroatoms. The third-order valence-electron chi connectivity index (χ3n) is 7.11. The van der Waals surface area contributed by atoms with Gasteiger partial charge in [0.25, 0.3) is 0 Å². The predicted molar refractivity (Wildman–Crippen MR) is 131 cm³/mol. The number of amides is 1. The van der Waals surface area contributed by atoms with E-state index in [0.29, 0.717) is 6.54 Å². The number of para-hydroxylation sites is 1. The molecule has 172 valence electrons. The van der Waals surface area contributed by atoms with Gasteiger partial charge in [-0.05, 0) is 60.5 Å². The molecule has 0 spiro atoms. The lowest BCUT2D eigenvalue weighted by molar-refractivity contribution is -0.134. The van der Waals surface area contributed by atoms with Gasteiger partial charge in [-0.1, -0.05) is 30.3 Å². The number of rotatable bonds is 4. The molecular weight excluding hydrogens is 414 g/mol. The smallest absolute Gasteiger partial charge is 0.245 e. The SMILES string of the molecule is COc1ccc2ccc(O)c(CN3c4ccccc4CC[C@H]3C(=O)N3CCN(C)CC3)c2c1. The van der Waals surface area contributed by atoms with Crippen molar-refractivity contribution >= 4 is 22.4 Å². The highest BCUT2D eigenvalue weighted by Crippen LogP contribution is 2.37. The number of aromatic hydroxyl groups is 1. The summed E-state index contributed by atoms with van der Waals surface area (Å²) in [6.07, 6.45) is 1.66. The summed E-state index contributed by atoms with van der Waals surface area (Å²) in [5.74, 6) is 1.18. The van der Waals surface area contributed by atoms with Gasteiger partial charge in [0, 0.05) is 44.0 Å². The summed E-state index contributed by atoms with van der Waals surface area (Å²) in [5.41, 5.74) is 3.15. The van der Waals surface area contributed by atoms with E-state index < -0.39 is 0 Å². The van der Waals surface area contributed by atoms with Gasteiger partial charge >= 0.3 is 0 Å². The van der Waals surface area contributed by atoms with Gasteiger partial charge in [0.1, 0.15) is 17.5 Å². The average molecular weight is 446 g/mol. The van der Waals surface area contributed by atoms with Crippen LogP contribution in [0.2, 0.25) is 0 Å². The fourth-order valence-corrected chi connectivity index (χ4v) is 5.12. The minimum absolute atomic E-state index is 0.190. The van der Waals surface area contributed by atoms with E-state index in [2.05, 4.69) is 35.0 Å². The molecule has 6 nitrogen and oxygen atoms in total. The maximum absolute atomic E-state index is 13.7. The Bertz CT molecular complexity index is 1170. The van der Waals surface area contributed by atoms with Gasteiger partial charge in [0.15, 0.2) is 0 Å². The number of methoxy groups -OCH3 is 1. The zero-order valence-corrected chi connectivity index (χ0v) is 19.3. The van der Waals surface area contributed by atoms with Crippen molar-refractivity contribution in [1.29, 1.82) is 0 Å². The van der Waals surface area contributed by atoms with E-state index in [9.17, 15) is 9.90 Å². The molecule has 1 fully saturated rings. The molecule has 3 aromatic rings. The van der Waals surface area contributed by atoms with Crippen LogP contribution in [-0.4, -0.2) is 67.2 Å². The van der Waals surface area contributed by atoms with E-state index in [0.717, 1.165) is 66.8 Å². The molecule has 2 heterocycles. The van der Waals surface area contributed by atoms with Crippen molar-refractivity contribution in [3.8, 4) is 11.5 Å². The molecule has 2 aliphatic rings. The first kappa shape index (κ1) is 21.6. The summed E-state index contributed by atoms with van der Waals surface area (Å²) in [7, 11) is 3.75. The number of phenolic OH excluding ortho intramolecular Hbond substituents is 1. The van der Waals surface area contributed by atoms with E-state index in [1.54, 1.807) is 13.2 Å². The van der Waals surface area contributed by atoms with Crippen molar-refractivity contribution in [1.82, 2.24) is 9.80 Å². The summed E-state index contributed by atoms with van der Waals surface area (Å²) >= 11 is 0. The maximum Gasteiger partial charge on any atom is 0.245 e. The lowest BCUT2D eigenvalue weighted by Gasteiger charge is -2.42. The Morgan fingerprint density at radius 1 is 1.06 bits per heavy atom. The first-order valence-corrected chi connectivity index (χ1v) is 11.7. The van der Waals surface area contributed by atoms with Crippen molar-refractivity contribution < 1.29 is 14.6 Å². The lowest BCUT2D eigenvalue weighted by Crippen LogP contribution is -2.55.